The van der Waals surface area contributed by atoms with Crippen LogP contribution in [0.2, 0.25) is 0 Å². The lowest BCUT2D eigenvalue weighted by Crippen LogP contribution is -2.10. The minimum atomic E-state index is -0.451. The molecule has 6 rings (SSSR count). The maximum atomic E-state index is 13.9. The Balaban J connectivity index is 1.36. The van der Waals surface area contributed by atoms with E-state index in [0.29, 0.717) is 47.1 Å². The number of Topliss-reactive ketones (excluding diaryl/α,β-unsaturated/α-hetero) is 1. The van der Waals surface area contributed by atoms with Gasteiger partial charge in [0.15, 0.2) is 5.78 Å². The van der Waals surface area contributed by atoms with Gasteiger partial charge in [0.05, 0.1) is 7.11 Å². The van der Waals surface area contributed by atoms with Crippen molar-refractivity contribution in [3.8, 4) is 40.2 Å². The van der Waals surface area contributed by atoms with E-state index in [2.05, 4.69) is 0 Å². The quantitative estimate of drug-likeness (QED) is 0.0664. The van der Waals surface area contributed by atoms with Gasteiger partial charge in [-0.2, -0.15) is 0 Å². The van der Waals surface area contributed by atoms with Gasteiger partial charge in [-0.1, -0.05) is 97.1 Å². The van der Waals surface area contributed by atoms with Crippen molar-refractivity contribution in [2.75, 3.05) is 7.11 Å². The number of aryl methyl sites for hydroxylation is 1. The SMILES string of the molecule is COc1c(Cc2ccccc2O)c(O)c(Cc2cc(Cc3cccc(Cc4ccccc4O)c3O)ccc2O)c(O)c1C(=O)CCc1ccccc1. The van der Waals surface area contributed by atoms with Gasteiger partial charge in [-0.05, 0) is 63.6 Å². The molecule has 6 aromatic carbocycles. The number of ketones is 1. The normalized spacial score (nSPS) is 11.0. The Hall–Kier alpha value is -6.41. The van der Waals surface area contributed by atoms with Crippen molar-refractivity contribution >= 4 is 5.78 Å². The summed E-state index contributed by atoms with van der Waals surface area (Å²) in [5.41, 5.74) is 4.64. The van der Waals surface area contributed by atoms with Crippen LogP contribution in [0.1, 0.15) is 66.8 Å². The summed E-state index contributed by atoms with van der Waals surface area (Å²) in [7, 11) is 1.36. The van der Waals surface area contributed by atoms with Crippen LogP contribution in [-0.2, 0) is 32.1 Å². The Morgan fingerprint density at radius 3 is 1.71 bits per heavy atom. The molecule has 6 aromatic rings. The number of benzene rings is 6. The van der Waals surface area contributed by atoms with Crippen LogP contribution in [0.25, 0.3) is 0 Å². The second-order valence-electron chi connectivity index (χ2n) is 12.8. The molecule has 0 aliphatic rings. The van der Waals surface area contributed by atoms with Gasteiger partial charge < -0.3 is 35.4 Å². The number of aromatic hydroxyl groups is 6. The maximum absolute atomic E-state index is 13.9. The Morgan fingerprint density at radius 1 is 0.500 bits per heavy atom. The summed E-state index contributed by atoms with van der Waals surface area (Å²) >= 11 is 0. The molecular weight excluding hydrogens is 656 g/mol. The molecule has 0 heterocycles. The van der Waals surface area contributed by atoms with Crippen LogP contribution < -0.4 is 4.74 Å². The van der Waals surface area contributed by atoms with Crippen molar-refractivity contribution < 1.29 is 40.2 Å². The van der Waals surface area contributed by atoms with Crippen LogP contribution >= 0.6 is 0 Å². The number of phenols is 6. The number of ether oxygens (including phenoxy) is 1. The molecule has 0 fully saturated rings. The second kappa shape index (κ2) is 15.6. The molecule has 0 radical (unpaired) electrons. The zero-order valence-electron chi connectivity index (χ0n) is 28.7. The molecule has 0 saturated heterocycles. The molecule has 0 atom stereocenters. The van der Waals surface area contributed by atoms with Gasteiger partial charge in [-0.3, -0.25) is 4.79 Å². The van der Waals surface area contributed by atoms with Crippen LogP contribution in [0.4, 0.5) is 0 Å². The van der Waals surface area contributed by atoms with Crippen molar-refractivity contribution in [2.45, 2.75) is 38.5 Å². The Kier molecular flexibility index (Phi) is 10.7. The molecule has 0 bridgehead atoms. The molecular formula is C44H40O8. The highest BCUT2D eigenvalue weighted by atomic mass is 16.5. The minimum Gasteiger partial charge on any atom is -0.508 e. The first kappa shape index (κ1) is 35.4. The fourth-order valence-electron chi connectivity index (χ4n) is 6.60. The summed E-state index contributed by atoms with van der Waals surface area (Å²) in [5.74, 6) is -1.01. The smallest absolute Gasteiger partial charge is 0.170 e. The summed E-state index contributed by atoms with van der Waals surface area (Å²) in [6.45, 7) is 0. The molecule has 0 amide bonds. The van der Waals surface area contributed by atoms with E-state index >= 15 is 0 Å². The van der Waals surface area contributed by atoms with E-state index in [9.17, 15) is 35.4 Å². The van der Waals surface area contributed by atoms with E-state index in [1.165, 1.54) is 19.2 Å². The number of phenolic OH excluding ortho intramolecular Hbond substituents is 6. The number of para-hydroxylation sites is 3. The summed E-state index contributed by atoms with van der Waals surface area (Å²) in [6, 6.07) is 33.5. The summed E-state index contributed by atoms with van der Waals surface area (Å²) in [5, 5.41) is 66.5. The largest absolute Gasteiger partial charge is 0.508 e. The fourth-order valence-corrected chi connectivity index (χ4v) is 6.60. The van der Waals surface area contributed by atoms with Crippen LogP contribution in [0.15, 0.2) is 115 Å². The molecule has 0 unspecified atom stereocenters. The molecule has 0 spiro atoms. The molecule has 8 heteroatoms. The highest BCUT2D eigenvalue weighted by Crippen LogP contribution is 2.46. The zero-order chi connectivity index (χ0) is 36.8. The molecule has 0 saturated carbocycles. The first-order valence-corrected chi connectivity index (χ1v) is 17.0. The molecule has 52 heavy (non-hydrogen) atoms. The Labute approximate surface area is 302 Å². The third-order valence-corrected chi connectivity index (χ3v) is 9.40. The zero-order valence-corrected chi connectivity index (χ0v) is 28.7. The van der Waals surface area contributed by atoms with Crippen LogP contribution in [0.5, 0.6) is 40.2 Å². The highest BCUT2D eigenvalue weighted by molar-refractivity contribution is 6.03. The Morgan fingerprint density at radius 2 is 1.06 bits per heavy atom. The molecule has 0 aliphatic carbocycles. The van der Waals surface area contributed by atoms with E-state index in [-0.39, 0.29) is 70.4 Å². The van der Waals surface area contributed by atoms with Crippen molar-refractivity contribution in [1.82, 2.24) is 0 Å². The number of carbonyl (C=O) groups is 1. The van der Waals surface area contributed by atoms with Crippen molar-refractivity contribution in [1.29, 1.82) is 0 Å². The standard InChI is InChI=1S/C44H40O8/c1-52-44-35(25-30-13-6-8-17-37(30)46)42(50)34(43(51)40(44)39(48)21-18-27-10-3-2-4-11-27)26-33-23-28(19-20-38(33)47)22-31-14-9-15-32(41(31)49)24-29-12-5-7-16-36(29)45/h2-17,19-20,23,45-47,49-51H,18,21-22,24-26H2,1H3. The van der Waals surface area contributed by atoms with Crippen LogP contribution in [-0.4, -0.2) is 43.5 Å². The van der Waals surface area contributed by atoms with Gasteiger partial charge in [0.25, 0.3) is 0 Å². The van der Waals surface area contributed by atoms with Crippen molar-refractivity contribution in [2.24, 2.45) is 0 Å². The van der Waals surface area contributed by atoms with E-state index in [4.69, 9.17) is 4.74 Å². The van der Waals surface area contributed by atoms with E-state index < -0.39 is 11.5 Å². The van der Waals surface area contributed by atoms with E-state index in [0.717, 1.165) is 11.1 Å². The van der Waals surface area contributed by atoms with Gasteiger partial charge in [0.2, 0.25) is 0 Å². The third-order valence-electron chi connectivity index (χ3n) is 9.40. The molecule has 264 valence electrons. The molecule has 0 aliphatic heterocycles. The number of rotatable bonds is 13. The van der Waals surface area contributed by atoms with Gasteiger partial charge >= 0.3 is 0 Å². The van der Waals surface area contributed by atoms with Gasteiger partial charge in [0, 0.05) is 43.2 Å². The predicted octanol–water partition coefficient (Wildman–Crippen LogP) is 8.11. The van der Waals surface area contributed by atoms with Gasteiger partial charge in [-0.25, -0.2) is 0 Å². The third kappa shape index (κ3) is 7.66. The predicted molar refractivity (Wildman–Crippen MR) is 199 cm³/mol. The number of methoxy groups -OCH3 is 1. The van der Waals surface area contributed by atoms with Gasteiger partial charge in [0.1, 0.15) is 45.8 Å². The lowest BCUT2D eigenvalue weighted by molar-refractivity contribution is 0.0976. The molecule has 8 nitrogen and oxygen atoms in total. The average Bonchev–Trinajstić information content (AvgIpc) is 3.15. The van der Waals surface area contributed by atoms with Crippen molar-refractivity contribution in [3.63, 3.8) is 0 Å². The summed E-state index contributed by atoms with van der Waals surface area (Å²) in [4.78, 5) is 13.9. The monoisotopic (exact) mass is 696 g/mol. The topological polar surface area (TPSA) is 148 Å². The number of carbonyl (C=O) groups excluding carboxylic acids is 1. The second-order valence-corrected chi connectivity index (χ2v) is 12.8. The lowest BCUT2D eigenvalue weighted by atomic mass is 9.89. The molecule has 6 N–H and O–H groups in total. The minimum absolute atomic E-state index is 0.00365. The number of hydrogen-bond acceptors (Lipinski definition) is 8. The number of hydrogen-bond donors (Lipinski definition) is 6. The van der Waals surface area contributed by atoms with Crippen LogP contribution in [0.3, 0.4) is 0 Å². The summed E-state index contributed by atoms with van der Waals surface area (Å²) < 4.78 is 5.69. The molecule has 0 aromatic heterocycles. The van der Waals surface area contributed by atoms with Crippen molar-refractivity contribution in [3.05, 3.63) is 171 Å². The Bertz CT molecular complexity index is 2230. The first-order valence-electron chi connectivity index (χ1n) is 17.0. The lowest BCUT2D eigenvalue weighted by Gasteiger charge is -2.21. The average molecular weight is 697 g/mol. The highest BCUT2D eigenvalue weighted by Gasteiger charge is 2.29. The van der Waals surface area contributed by atoms with Gasteiger partial charge in [-0.15, -0.1) is 0 Å². The van der Waals surface area contributed by atoms with Crippen LogP contribution in [0, 0.1) is 0 Å². The summed E-state index contributed by atoms with van der Waals surface area (Å²) in [6.07, 6.45) is 0.955. The fraction of sp³-hybridized carbons (Fsp3) is 0.159. The maximum Gasteiger partial charge on any atom is 0.170 e. The van der Waals surface area contributed by atoms with E-state index in [1.54, 1.807) is 60.7 Å². The first-order chi connectivity index (χ1) is 25.1. The van der Waals surface area contributed by atoms with E-state index in [1.807, 2.05) is 42.5 Å².